The summed E-state index contributed by atoms with van der Waals surface area (Å²) in [6.45, 7) is 6.99. The van der Waals surface area contributed by atoms with Gasteiger partial charge in [0.1, 0.15) is 0 Å². The van der Waals surface area contributed by atoms with Crippen LogP contribution in [0.1, 0.15) is 56.7 Å². The molecule has 0 bridgehead atoms. The molecule has 1 aliphatic heterocycles. The Kier molecular flexibility index (Phi) is 6.05. The Morgan fingerprint density at radius 3 is 2.90 bits per heavy atom. The van der Waals surface area contributed by atoms with Gasteiger partial charge in [-0.05, 0) is 24.0 Å². The van der Waals surface area contributed by atoms with Crippen LogP contribution in [0.4, 0.5) is 0 Å². The van der Waals surface area contributed by atoms with Gasteiger partial charge in [-0.1, -0.05) is 51.0 Å². The summed E-state index contributed by atoms with van der Waals surface area (Å²) in [6.07, 6.45) is 4.72. The van der Waals surface area contributed by atoms with Gasteiger partial charge in [0.05, 0.1) is 6.67 Å². The molecule has 116 valence electrons. The number of unbranched alkanes of at least 4 members (excludes halogenated alkanes) is 2. The number of benzene rings is 1. The number of fused-ring (bicyclic) bond motifs is 1. The van der Waals surface area contributed by atoms with E-state index in [4.69, 9.17) is 5.73 Å². The van der Waals surface area contributed by atoms with Crippen LogP contribution in [0.5, 0.6) is 0 Å². The molecule has 1 atom stereocenters. The second-order valence-corrected chi connectivity index (χ2v) is 5.69. The Hall–Kier alpha value is -1.55. The molecule has 2 rings (SSSR count). The number of nitrogens with one attached hydrogen (secondary N) is 1. The van der Waals surface area contributed by atoms with E-state index < -0.39 is 0 Å². The minimum absolute atomic E-state index is 0.470. The Bertz CT molecular complexity index is 470. The van der Waals surface area contributed by atoms with Crippen molar-refractivity contribution in [3.05, 3.63) is 35.4 Å². The van der Waals surface area contributed by atoms with Gasteiger partial charge in [0.2, 0.25) is 0 Å². The predicted octanol–water partition coefficient (Wildman–Crippen LogP) is 3.01. The Morgan fingerprint density at radius 1 is 1.33 bits per heavy atom. The molecule has 0 radical (unpaired) electrons. The summed E-state index contributed by atoms with van der Waals surface area (Å²) in [5.41, 5.74) is 8.81. The van der Waals surface area contributed by atoms with Crippen molar-refractivity contribution in [3.63, 3.8) is 0 Å². The van der Waals surface area contributed by atoms with Crippen LogP contribution in [0.25, 0.3) is 0 Å². The van der Waals surface area contributed by atoms with E-state index >= 15 is 0 Å². The lowest BCUT2D eigenvalue weighted by atomic mass is 10.0. The fourth-order valence-corrected chi connectivity index (χ4v) is 2.97. The van der Waals surface area contributed by atoms with Gasteiger partial charge in [-0.3, -0.25) is 4.90 Å². The highest BCUT2D eigenvalue weighted by molar-refractivity contribution is 5.77. The maximum Gasteiger partial charge on any atom is 0.189 e. The highest BCUT2D eigenvalue weighted by atomic mass is 15.3. The molecule has 3 N–H and O–H groups in total. The van der Waals surface area contributed by atoms with Gasteiger partial charge in [0, 0.05) is 19.1 Å². The number of guanidine groups is 1. The second-order valence-electron chi connectivity index (χ2n) is 5.69. The molecule has 0 aliphatic carbocycles. The van der Waals surface area contributed by atoms with Crippen LogP contribution in [-0.4, -0.2) is 24.1 Å². The number of hydrogen-bond acceptors (Lipinski definition) is 2. The van der Waals surface area contributed by atoms with Crippen LogP contribution in [0, 0.1) is 0 Å². The number of hydrogen-bond donors (Lipinski definition) is 2. The molecule has 1 unspecified atom stereocenters. The lowest BCUT2D eigenvalue weighted by molar-refractivity contribution is 0.217. The van der Waals surface area contributed by atoms with Crippen LogP contribution in [0.2, 0.25) is 0 Å². The zero-order valence-corrected chi connectivity index (χ0v) is 13.3. The van der Waals surface area contributed by atoms with E-state index in [0.29, 0.717) is 18.7 Å². The molecular formula is C17H28N4. The maximum absolute atomic E-state index is 5.94. The van der Waals surface area contributed by atoms with E-state index in [1.165, 1.54) is 24.0 Å². The number of aliphatic imine (C=N–C) groups is 1. The zero-order valence-electron chi connectivity index (χ0n) is 13.3. The predicted molar refractivity (Wildman–Crippen MR) is 89.0 cm³/mol. The Morgan fingerprint density at radius 2 is 2.14 bits per heavy atom. The Labute approximate surface area is 128 Å². The molecule has 1 heterocycles. The minimum atomic E-state index is 0.470. The summed E-state index contributed by atoms with van der Waals surface area (Å²) >= 11 is 0. The summed E-state index contributed by atoms with van der Waals surface area (Å²) in [4.78, 5) is 6.89. The average Bonchev–Trinajstić information content (AvgIpc) is 2.87. The zero-order chi connectivity index (χ0) is 15.1. The smallest absolute Gasteiger partial charge is 0.189 e. The van der Waals surface area contributed by atoms with Gasteiger partial charge in [-0.15, -0.1) is 0 Å². The van der Waals surface area contributed by atoms with Crippen molar-refractivity contribution in [1.29, 1.82) is 0 Å². The van der Waals surface area contributed by atoms with Crippen molar-refractivity contribution in [2.24, 2.45) is 10.7 Å². The van der Waals surface area contributed by atoms with E-state index in [0.717, 1.165) is 25.9 Å². The number of nitrogens with zero attached hydrogens (tertiary/aromatic N) is 2. The van der Waals surface area contributed by atoms with Gasteiger partial charge in [-0.25, -0.2) is 4.99 Å². The first-order chi connectivity index (χ1) is 10.3. The summed E-state index contributed by atoms with van der Waals surface area (Å²) in [7, 11) is 0. The molecule has 4 heteroatoms. The van der Waals surface area contributed by atoms with E-state index in [2.05, 4.69) is 53.3 Å². The highest BCUT2D eigenvalue weighted by Gasteiger charge is 2.27. The van der Waals surface area contributed by atoms with E-state index in [1.807, 2.05) is 0 Å². The molecular weight excluding hydrogens is 260 g/mol. The molecule has 1 aliphatic rings. The van der Waals surface area contributed by atoms with Gasteiger partial charge in [0.25, 0.3) is 0 Å². The first-order valence-electron chi connectivity index (χ1n) is 8.11. The first kappa shape index (κ1) is 15.8. The minimum Gasteiger partial charge on any atom is -0.370 e. The third kappa shape index (κ3) is 4.21. The van der Waals surface area contributed by atoms with Gasteiger partial charge < -0.3 is 11.1 Å². The maximum atomic E-state index is 5.94. The molecule has 21 heavy (non-hydrogen) atoms. The van der Waals surface area contributed by atoms with Crippen molar-refractivity contribution < 1.29 is 0 Å². The van der Waals surface area contributed by atoms with Crippen molar-refractivity contribution in [3.8, 4) is 0 Å². The van der Waals surface area contributed by atoms with E-state index in [9.17, 15) is 0 Å². The van der Waals surface area contributed by atoms with Gasteiger partial charge in [-0.2, -0.15) is 0 Å². The Balaban J connectivity index is 1.86. The van der Waals surface area contributed by atoms with E-state index in [1.54, 1.807) is 0 Å². The highest BCUT2D eigenvalue weighted by Crippen LogP contribution is 2.35. The van der Waals surface area contributed by atoms with Crippen molar-refractivity contribution in [1.82, 2.24) is 10.2 Å². The molecule has 0 amide bonds. The lowest BCUT2D eigenvalue weighted by Crippen LogP contribution is -2.34. The topological polar surface area (TPSA) is 53.6 Å². The van der Waals surface area contributed by atoms with Crippen molar-refractivity contribution >= 4 is 5.96 Å². The normalized spacial score (nSPS) is 18.8. The SMILES string of the molecule is CCCCCNC(N)=NCN1Cc2ccccc2C1CC. The fraction of sp³-hybridized carbons (Fsp3) is 0.588. The van der Waals surface area contributed by atoms with Crippen LogP contribution >= 0.6 is 0 Å². The fourth-order valence-electron chi connectivity index (χ4n) is 2.97. The molecule has 1 aromatic rings. The second kappa shape index (κ2) is 8.03. The molecule has 0 aromatic heterocycles. The molecule has 0 saturated heterocycles. The number of rotatable bonds is 7. The molecule has 0 saturated carbocycles. The quantitative estimate of drug-likeness (QED) is 0.461. The van der Waals surface area contributed by atoms with Crippen LogP contribution < -0.4 is 11.1 Å². The van der Waals surface area contributed by atoms with Crippen LogP contribution in [0.15, 0.2) is 29.3 Å². The van der Waals surface area contributed by atoms with E-state index in [-0.39, 0.29) is 0 Å². The van der Waals surface area contributed by atoms with Gasteiger partial charge >= 0.3 is 0 Å². The monoisotopic (exact) mass is 288 g/mol. The number of nitrogens with two attached hydrogens (primary N) is 1. The molecule has 0 spiro atoms. The standard InChI is InChI=1S/C17H28N4/c1-3-5-8-11-19-17(18)20-13-21-12-14-9-6-7-10-15(14)16(21)4-2/h6-7,9-10,16H,3-5,8,11-13H2,1-2H3,(H3,18,19,20). The third-order valence-corrected chi connectivity index (χ3v) is 4.12. The molecule has 1 aromatic carbocycles. The van der Waals surface area contributed by atoms with Gasteiger partial charge in [0.15, 0.2) is 5.96 Å². The van der Waals surface area contributed by atoms with Crippen molar-refractivity contribution in [2.45, 2.75) is 52.1 Å². The van der Waals surface area contributed by atoms with Crippen LogP contribution in [-0.2, 0) is 6.54 Å². The molecule has 4 nitrogen and oxygen atoms in total. The molecule has 0 fully saturated rings. The summed E-state index contributed by atoms with van der Waals surface area (Å²) < 4.78 is 0. The van der Waals surface area contributed by atoms with Crippen molar-refractivity contribution in [2.75, 3.05) is 13.2 Å². The largest absolute Gasteiger partial charge is 0.370 e. The third-order valence-electron chi connectivity index (χ3n) is 4.12. The first-order valence-corrected chi connectivity index (χ1v) is 8.11. The lowest BCUT2D eigenvalue weighted by Gasteiger charge is -2.22. The summed E-state index contributed by atoms with van der Waals surface area (Å²) in [6, 6.07) is 9.16. The average molecular weight is 288 g/mol. The summed E-state index contributed by atoms with van der Waals surface area (Å²) in [5.74, 6) is 0.567. The van der Waals surface area contributed by atoms with Crippen LogP contribution in [0.3, 0.4) is 0 Å². The summed E-state index contributed by atoms with van der Waals surface area (Å²) in [5, 5.41) is 3.20.